The average molecular weight is 504 g/mol. The van der Waals surface area contributed by atoms with E-state index in [0.717, 1.165) is 0 Å². The van der Waals surface area contributed by atoms with Gasteiger partial charge in [0, 0.05) is 11.6 Å². The number of carbonyl (C=O) groups excluding carboxylic acids is 1. The summed E-state index contributed by atoms with van der Waals surface area (Å²) in [6.07, 6.45) is 1.27. The molecule has 124 valence electrons. The number of halogens is 2. The Morgan fingerprint density at radius 3 is 2.79 bits per heavy atom. The summed E-state index contributed by atoms with van der Waals surface area (Å²) in [6.45, 7) is 0. The number of phenolic OH excluding ortho intramolecular Hbond substituents is 1. The number of nitro benzene ring substituents is 1. The Morgan fingerprint density at radius 1 is 1.42 bits per heavy atom. The van der Waals surface area contributed by atoms with Crippen LogP contribution in [-0.4, -0.2) is 22.2 Å². The molecule has 0 unspecified atom stereocenters. The molecule has 2 N–H and O–H groups in total. The number of nitrogens with zero attached hydrogens (tertiary/aromatic N) is 2. The van der Waals surface area contributed by atoms with Crippen molar-refractivity contribution in [2.75, 3.05) is 0 Å². The molecule has 0 spiro atoms. The lowest BCUT2D eigenvalue weighted by Crippen LogP contribution is -2.20. The van der Waals surface area contributed by atoms with Gasteiger partial charge in [-0.2, -0.15) is 5.10 Å². The van der Waals surface area contributed by atoms with Gasteiger partial charge in [-0.3, -0.25) is 14.9 Å². The maximum Gasteiger partial charge on any atom is 0.273 e. The quantitative estimate of drug-likeness (QED) is 0.282. The molecule has 0 aliphatic heterocycles. The van der Waals surface area contributed by atoms with Gasteiger partial charge >= 0.3 is 0 Å². The van der Waals surface area contributed by atoms with Crippen LogP contribution >= 0.6 is 38.5 Å². The summed E-state index contributed by atoms with van der Waals surface area (Å²) in [5, 5.41) is 24.4. The number of aromatic hydroxyl groups is 1. The van der Waals surface area contributed by atoms with E-state index >= 15 is 0 Å². The molecule has 0 saturated heterocycles. The Bertz CT molecular complexity index is 803. The standard InChI is InChI=1S/C15H11BrIN3O4/c16-11-5-9(6-12(17)15(11)22)8-18-19-14(21)7-10-3-1-2-4-13(10)20(23)24/h1-6,8,22H,7H2,(H,19,21)/b18-8+. The van der Waals surface area contributed by atoms with Crippen molar-refractivity contribution in [3.8, 4) is 5.75 Å². The van der Waals surface area contributed by atoms with Crippen LogP contribution in [-0.2, 0) is 11.2 Å². The van der Waals surface area contributed by atoms with Crippen LogP contribution in [0.3, 0.4) is 0 Å². The van der Waals surface area contributed by atoms with Gasteiger partial charge < -0.3 is 5.11 Å². The molecular weight excluding hydrogens is 493 g/mol. The van der Waals surface area contributed by atoms with Crippen molar-refractivity contribution in [3.63, 3.8) is 0 Å². The molecule has 7 nitrogen and oxygen atoms in total. The lowest BCUT2D eigenvalue weighted by Gasteiger charge is -2.03. The summed E-state index contributed by atoms with van der Waals surface area (Å²) in [6, 6.07) is 9.40. The van der Waals surface area contributed by atoms with Crippen LogP contribution in [0.2, 0.25) is 0 Å². The fourth-order valence-electron chi connectivity index (χ4n) is 1.89. The molecule has 0 radical (unpaired) electrons. The number of nitro groups is 1. The first-order valence-corrected chi connectivity index (χ1v) is 8.48. The van der Waals surface area contributed by atoms with E-state index in [9.17, 15) is 20.0 Å². The first-order chi connectivity index (χ1) is 11.4. The minimum atomic E-state index is -0.526. The number of carbonyl (C=O) groups is 1. The highest BCUT2D eigenvalue weighted by molar-refractivity contribution is 14.1. The SMILES string of the molecule is O=C(Cc1ccccc1[N+](=O)[O-])N/N=C/c1cc(Br)c(O)c(I)c1. The molecule has 2 rings (SSSR count). The highest BCUT2D eigenvalue weighted by Gasteiger charge is 2.15. The first-order valence-electron chi connectivity index (χ1n) is 6.60. The van der Waals surface area contributed by atoms with Crippen molar-refractivity contribution in [1.29, 1.82) is 0 Å². The third-order valence-corrected chi connectivity index (χ3v) is 4.41. The van der Waals surface area contributed by atoms with Crippen molar-refractivity contribution in [2.45, 2.75) is 6.42 Å². The van der Waals surface area contributed by atoms with Gasteiger partial charge in [0.25, 0.3) is 5.69 Å². The van der Waals surface area contributed by atoms with Crippen molar-refractivity contribution in [3.05, 3.63) is 65.7 Å². The smallest absolute Gasteiger partial charge is 0.273 e. The Hall–Kier alpha value is -2.01. The highest BCUT2D eigenvalue weighted by atomic mass is 127. The Labute approximate surface area is 159 Å². The van der Waals surface area contributed by atoms with Crippen LogP contribution in [0.15, 0.2) is 46.0 Å². The maximum absolute atomic E-state index is 11.9. The number of amides is 1. The van der Waals surface area contributed by atoms with Crippen LogP contribution < -0.4 is 5.43 Å². The van der Waals surface area contributed by atoms with Gasteiger partial charge in [-0.25, -0.2) is 5.43 Å². The molecule has 1 amide bonds. The fraction of sp³-hybridized carbons (Fsp3) is 0.0667. The molecule has 0 atom stereocenters. The second kappa shape index (κ2) is 8.20. The molecule has 9 heteroatoms. The number of hydrazone groups is 1. The fourth-order valence-corrected chi connectivity index (χ4v) is 3.39. The molecule has 0 heterocycles. The third-order valence-electron chi connectivity index (χ3n) is 2.98. The number of hydrogen-bond acceptors (Lipinski definition) is 5. The van der Waals surface area contributed by atoms with E-state index in [1.807, 2.05) is 22.6 Å². The summed E-state index contributed by atoms with van der Waals surface area (Å²) in [4.78, 5) is 22.3. The average Bonchev–Trinajstić information content (AvgIpc) is 2.52. The predicted molar refractivity (Wildman–Crippen MR) is 101 cm³/mol. The van der Waals surface area contributed by atoms with E-state index in [1.165, 1.54) is 18.3 Å². The van der Waals surface area contributed by atoms with Gasteiger partial charge in [0.05, 0.1) is 25.6 Å². The van der Waals surface area contributed by atoms with Crippen LogP contribution in [0, 0.1) is 13.7 Å². The second-order valence-electron chi connectivity index (χ2n) is 4.69. The monoisotopic (exact) mass is 503 g/mol. The van der Waals surface area contributed by atoms with Gasteiger partial charge in [0.1, 0.15) is 5.75 Å². The Balaban J connectivity index is 2.03. The number of phenols is 1. The predicted octanol–water partition coefficient (Wildman–Crippen LogP) is 3.36. The van der Waals surface area contributed by atoms with E-state index in [4.69, 9.17) is 0 Å². The second-order valence-corrected chi connectivity index (χ2v) is 6.71. The minimum Gasteiger partial charge on any atom is -0.506 e. The number of nitrogens with one attached hydrogen (secondary N) is 1. The molecule has 0 aliphatic rings. The zero-order valence-corrected chi connectivity index (χ0v) is 15.8. The van der Waals surface area contributed by atoms with E-state index in [1.54, 1.807) is 24.3 Å². The van der Waals surface area contributed by atoms with Crippen molar-refractivity contribution in [1.82, 2.24) is 5.43 Å². The van der Waals surface area contributed by atoms with Gasteiger partial charge in [-0.1, -0.05) is 18.2 Å². The first kappa shape index (κ1) is 18.3. The minimum absolute atomic E-state index is 0.103. The Morgan fingerprint density at radius 2 is 2.12 bits per heavy atom. The number of benzene rings is 2. The van der Waals surface area contributed by atoms with Gasteiger partial charge in [0.2, 0.25) is 5.91 Å². The molecule has 0 aromatic heterocycles. The van der Waals surface area contributed by atoms with Crippen LogP contribution in [0.5, 0.6) is 5.75 Å². The molecule has 2 aromatic rings. The molecule has 0 saturated carbocycles. The zero-order valence-electron chi connectivity index (χ0n) is 12.1. The molecule has 2 aromatic carbocycles. The lowest BCUT2D eigenvalue weighted by atomic mass is 10.1. The van der Waals surface area contributed by atoms with Gasteiger partial charge in [0.15, 0.2) is 0 Å². The number of para-hydroxylation sites is 1. The molecule has 0 bridgehead atoms. The lowest BCUT2D eigenvalue weighted by molar-refractivity contribution is -0.385. The van der Waals surface area contributed by atoms with E-state index in [0.29, 0.717) is 19.2 Å². The van der Waals surface area contributed by atoms with Crippen molar-refractivity contribution < 1.29 is 14.8 Å². The molecule has 0 fully saturated rings. The Kier molecular flexibility index (Phi) is 6.26. The topological polar surface area (TPSA) is 105 Å². The number of hydrogen-bond donors (Lipinski definition) is 2. The summed E-state index contributed by atoms with van der Waals surface area (Å²) in [5.41, 5.74) is 3.22. The largest absolute Gasteiger partial charge is 0.506 e. The van der Waals surface area contributed by atoms with Crippen molar-refractivity contribution in [2.24, 2.45) is 5.10 Å². The van der Waals surface area contributed by atoms with Crippen molar-refractivity contribution >= 4 is 56.3 Å². The van der Waals surface area contributed by atoms with Crippen LogP contribution in [0.25, 0.3) is 0 Å². The van der Waals surface area contributed by atoms with E-state index in [-0.39, 0.29) is 17.9 Å². The normalized spacial score (nSPS) is 10.8. The summed E-state index contributed by atoms with van der Waals surface area (Å²) < 4.78 is 1.15. The van der Waals surface area contributed by atoms with E-state index < -0.39 is 10.8 Å². The molecular formula is C15H11BrIN3O4. The van der Waals surface area contributed by atoms with Gasteiger partial charge in [-0.15, -0.1) is 0 Å². The van der Waals surface area contributed by atoms with Crippen LogP contribution in [0.4, 0.5) is 5.69 Å². The molecule has 0 aliphatic carbocycles. The van der Waals surface area contributed by atoms with Crippen LogP contribution in [0.1, 0.15) is 11.1 Å². The highest BCUT2D eigenvalue weighted by Crippen LogP contribution is 2.29. The third kappa shape index (κ3) is 4.74. The van der Waals surface area contributed by atoms with Gasteiger partial charge in [-0.05, 0) is 56.2 Å². The maximum atomic E-state index is 11.9. The summed E-state index contributed by atoms with van der Waals surface area (Å²) in [5.74, 6) is -0.332. The summed E-state index contributed by atoms with van der Waals surface area (Å²) in [7, 11) is 0. The van der Waals surface area contributed by atoms with E-state index in [2.05, 4.69) is 26.5 Å². The molecule has 24 heavy (non-hydrogen) atoms. The zero-order chi connectivity index (χ0) is 17.7. The number of rotatable bonds is 5. The summed E-state index contributed by atoms with van der Waals surface area (Å²) >= 11 is 5.19.